The van der Waals surface area contributed by atoms with Gasteiger partial charge in [0.1, 0.15) is 5.82 Å². The quantitative estimate of drug-likeness (QED) is 0.484. The highest BCUT2D eigenvalue weighted by atomic mass is 19.1. The number of ether oxygens (including phenoxy) is 2. The summed E-state index contributed by atoms with van der Waals surface area (Å²) >= 11 is 0. The standard InChI is InChI=1S/C25H32FNO3/c1-25(2)16-21(12-14-30-25)23(19-7-9-22(26)10-8-19)11-13-27-17-18-5-4-6-20(15-18)24(28)29-3/h4-10,15,21,23,27H,11-14,16-17H2,1-3H3/t21-,23-/m1/s1. The minimum atomic E-state index is -0.324. The predicted molar refractivity (Wildman–Crippen MR) is 116 cm³/mol. The van der Waals surface area contributed by atoms with Gasteiger partial charge in [-0.1, -0.05) is 24.3 Å². The fourth-order valence-corrected chi connectivity index (χ4v) is 4.42. The van der Waals surface area contributed by atoms with Gasteiger partial charge in [-0.15, -0.1) is 0 Å². The summed E-state index contributed by atoms with van der Waals surface area (Å²) in [7, 11) is 1.39. The molecule has 2 aromatic rings. The lowest BCUT2D eigenvalue weighted by Gasteiger charge is -2.39. The molecule has 1 N–H and O–H groups in total. The lowest BCUT2D eigenvalue weighted by molar-refractivity contribution is -0.0771. The van der Waals surface area contributed by atoms with Gasteiger partial charge < -0.3 is 14.8 Å². The van der Waals surface area contributed by atoms with Crippen molar-refractivity contribution in [2.75, 3.05) is 20.3 Å². The SMILES string of the molecule is COC(=O)c1cccc(CNCC[C@H](c2ccc(F)cc2)[C@@H]2CCOC(C)(C)C2)c1. The molecule has 162 valence electrons. The van der Waals surface area contributed by atoms with Crippen molar-refractivity contribution in [1.82, 2.24) is 5.32 Å². The third-order valence-corrected chi connectivity index (χ3v) is 5.91. The van der Waals surface area contributed by atoms with E-state index in [2.05, 4.69) is 19.2 Å². The Labute approximate surface area is 178 Å². The molecule has 0 radical (unpaired) electrons. The molecule has 0 saturated carbocycles. The van der Waals surface area contributed by atoms with Gasteiger partial charge in [-0.25, -0.2) is 9.18 Å². The van der Waals surface area contributed by atoms with Gasteiger partial charge in [-0.2, -0.15) is 0 Å². The topological polar surface area (TPSA) is 47.6 Å². The fourth-order valence-electron chi connectivity index (χ4n) is 4.42. The van der Waals surface area contributed by atoms with E-state index < -0.39 is 0 Å². The van der Waals surface area contributed by atoms with E-state index in [1.807, 2.05) is 30.3 Å². The molecule has 0 unspecified atom stereocenters. The van der Waals surface area contributed by atoms with Crippen LogP contribution in [-0.4, -0.2) is 31.8 Å². The van der Waals surface area contributed by atoms with Crippen molar-refractivity contribution in [3.63, 3.8) is 0 Å². The summed E-state index contributed by atoms with van der Waals surface area (Å²) in [6, 6.07) is 14.4. The molecular weight excluding hydrogens is 381 g/mol. The average molecular weight is 414 g/mol. The molecule has 1 aliphatic rings. The Hall–Kier alpha value is -2.24. The zero-order valence-corrected chi connectivity index (χ0v) is 18.1. The van der Waals surface area contributed by atoms with Crippen LogP contribution < -0.4 is 5.32 Å². The maximum Gasteiger partial charge on any atom is 0.337 e. The highest BCUT2D eigenvalue weighted by Crippen LogP contribution is 2.39. The maximum atomic E-state index is 13.5. The van der Waals surface area contributed by atoms with E-state index in [4.69, 9.17) is 9.47 Å². The molecule has 0 aromatic heterocycles. The van der Waals surface area contributed by atoms with Crippen molar-refractivity contribution in [3.05, 3.63) is 71.0 Å². The Morgan fingerprint density at radius 2 is 2.03 bits per heavy atom. The number of carbonyl (C=O) groups is 1. The van der Waals surface area contributed by atoms with Crippen LogP contribution in [0.1, 0.15) is 60.5 Å². The van der Waals surface area contributed by atoms with Crippen LogP contribution in [0.5, 0.6) is 0 Å². The van der Waals surface area contributed by atoms with Crippen LogP contribution in [0.15, 0.2) is 48.5 Å². The summed E-state index contributed by atoms with van der Waals surface area (Å²) in [6.07, 6.45) is 2.98. The second-order valence-corrected chi connectivity index (χ2v) is 8.68. The molecule has 0 aliphatic carbocycles. The number of hydrogen-bond acceptors (Lipinski definition) is 4. The molecule has 0 spiro atoms. The molecular formula is C25H32FNO3. The molecule has 1 heterocycles. The van der Waals surface area contributed by atoms with Crippen LogP contribution in [-0.2, 0) is 16.0 Å². The summed E-state index contributed by atoms with van der Waals surface area (Å²) in [6.45, 7) is 6.58. The number of rotatable bonds is 8. The number of halogens is 1. The molecule has 5 heteroatoms. The first kappa shape index (κ1) is 22.4. The average Bonchev–Trinajstić information content (AvgIpc) is 2.73. The normalized spacial score (nSPS) is 19.3. The molecule has 1 saturated heterocycles. The maximum absolute atomic E-state index is 13.5. The second-order valence-electron chi connectivity index (χ2n) is 8.68. The number of hydrogen-bond donors (Lipinski definition) is 1. The summed E-state index contributed by atoms with van der Waals surface area (Å²) in [5.74, 6) is 0.329. The molecule has 0 bridgehead atoms. The van der Waals surface area contributed by atoms with Gasteiger partial charge >= 0.3 is 5.97 Å². The molecule has 1 aliphatic heterocycles. The Morgan fingerprint density at radius 1 is 1.27 bits per heavy atom. The number of carbonyl (C=O) groups excluding carboxylic acids is 1. The Balaban J connectivity index is 1.62. The van der Waals surface area contributed by atoms with Crippen LogP contribution in [0.3, 0.4) is 0 Å². The van der Waals surface area contributed by atoms with E-state index in [1.54, 1.807) is 18.2 Å². The van der Waals surface area contributed by atoms with Gasteiger partial charge in [-0.05, 0) is 86.9 Å². The molecule has 30 heavy (non-hydrogen) atoms. The molecule has 1 fully saturated rings. The van der Waals surface area contributed by atoms with Crippen molar-refractivity contribution >= 4 is 5.97 Å². The van der Waals surface area contributed by atoms with Crippen LogP contribution in [0.2, 0.25) is 0 Å². The molecule has 2 aromatic carbocycles. The molecule has 0 amide bonds. The highest BCUT2D eigenvalue weighted by molar-refractivity contribution is 5.89. The van der Waals surface area contributed by atoms with E-state index in [9.17, 15) is 9.18 Å². The van der Waals surface area contributed by atoms with E-state index in [1.165, 1.54) is 12.7 Å². The van der Waals surface area contributed by atoms with Gasteiger partial charge in [-0.3, -0.25) is 0 Å². The van der Waals surface area contributed by atoms with E-state index in [0.29, 0.717) is 23.9 Å². The van der Waals surface area contributed by atoms with Crippen molar-refractivity contribution < 1.29 is 18.7 Å². The van der Waals surface area contributed by atoms with Gasteiger partial charge in [0.05, 0.1) is 18.3 Å². The Kier molecular flexibility index (Phi) is 7.62. The van der Waals surface area contributed by atoms with Gasteiger partial charge in [0, 0.05) is 13.2 Å². The first-order chi connectivity index (χ1) is 14.4. The van der Waals surface area contributed by atoms with Crippen LogP contribution in [0.4, 0.5) is 4.39 Å². The van der Waals surface area contributed by atoms with Crippen LogP contribution in [0, 0.1) is 11.7 Å². The lowest BCUT2D eigenvalue weighted by atomic mass is 9.75. The van der Waals surface area contributed by atoms with Crippen LogP contribution in [0.25, 0.3) is 0 Å². The Bertz CT molecular complexity index is 835. The third kappa shape index (κ3) is 6.13. The van der Waals surface area contributed by atoms with E-state index >= 15 is 0 Å². The summed E-state index contributed by atoms with van der Waals surface area (Å²) in [5.41, 5.74) is 2.67. The van der Waals surface area contributed by atoms with Crippen molar-refractivity contribution in [2.24, 2.45) is 5.92 Å². The van der Waals surface area contributed by atoms with Crippen molar-refractivity contribution in [1.29, 1.82) is 0 Å². The van der Waals surface area contributed by atoms with Gasteiger partial charge in [0.15, 0.2) is 0 Å². The fraction of sp³-hybridized carbons (Fsp3) is 0.480. The predicted octanol–water partition coefficient (Wildman–Crippen LogP) is 5.08. The van der Waals surface area contributed by atoms with Crippen LogP contribution >= 0.6 is 0 Å². The minimum Gasteiger partial charge on any atom is -0.465 e. The minimum absolute atomic E-state index is 0.122. The zero-order valence-electron chi connectivity index (χ0n) is 18.1. The monoisotopic (exact) mass is 413 g/mol. The summed E-state index contributed by atoms with van der Waals surface area (Å²) < 4.78 is 24.2. The number of esters is 1. The lowest BCUT2D eigenvalue weighted by Crippen LogP contribution is -2.36. The summed E-state index contributed by atoms with van der Waals surface area (Å²) in [4.78, 5) is 11.7. The third-order valence-electron chi connectivity index (χ3n) is 5.91. The molecule has 3 rings (SSSR count). The zero-order chi connectivity index (χ0) is 21.6. The number of methoxy groups -OCH3 is 1. The number of nitrogens with one attached hydrogen (secondary N) is 1. The first-order valence-corrected chi connectivity index (χ1v) is 10.7. The van der Waals surface area contributed by atoms with E-state index in [-0.39, 0.29) is 17.4 Å². The smallest absolute Gasteiger partial charge is 0.337 e. The highest BCUT2D eigenvalue weighted by Gasteiger charge is 2.33. The number of benzene rings is 2. The van der Waals surface area contributed by atoms with Crippen molar-refractivity contribution in [2.45, 2.75) is 51.2 Å². The van der Waals surface area contributed by atoms with Crippen molar-refractivity contribution in [3.8, 4) is 0 Å². The second kappa shape index (κ2) is 10.2. The first-order valence-electron chi connectivity index (χ1n) is 10.7. The largest absolute Gasteiger partial charge is 0.465 e. The molecule has 4 nitrogen and oxygen atoms in total. The summed E-state index contributed by atoms with van der Waals surface area (Å²) in [5, 5.41) is 3.50. The van der Waals surface area contributed by atoms with Gasteiger partial charge in [0.2, 0.25) is 0 Å². The van der Waals surface area contributed by atoms with E-state index in [0.717, 1.165) is 38.0 Å². The Morgan fingerprint density at radius 3 is 2.73 bits per heavy atom. The van der Waals surface area contributed by atoms with Gasteiger partial charge in [0.25, 0.3) is 0 Å². The molecule has 2 atom stereocenters.